The van der Waals surface area contributed by atoms with Crippen LogP contribution in [-0.2, 0) is 40.3 Å². The monoisotopic (exact) mass is 464 g/mol. The zero-order chi connectivity index (χ0) is 24.1. The van der Waals surface area contributed by atoms with Crippen molar-refractivity contribution in [1.82, 2.24) is 4.98 Å². The summed E-state index contributed by atoms with van der Waals surface area (Å²) in [6, 6.07) is 12.6. The molecule has 1 aliphatic heterocycles. The number of halogens is 2. The lowest BCUT2D eigenvalue weighted by Crippen LogP contribution is -2.12. The van der Waals surface area contributed by atoms with Crippen LogP contribution in [0.4, 0.5) is 8.78 Å². The van der Waals surface area contributed by atoms with Crippen LogP contribution in [0.3, 0.4) is 0 Å². The van der Waals surface area contributed by atoms with Gasteiger partial charge in [-0.3, -0.25) is 4.79 Å². The van der Waals surface area contributed by atoms with Gasteiger partial charge in [-0.2, -0.15) is 5.26 Å². The lowest BCUT2D eigenvalue weighted by Gasteiger charge is -2.16. The van der Waals surface area contributed by atoms with Gasteiger partial charge in [-0.25, -0.2) is 13.8 Å². The number of esters is 1. The van der Waals surface area contributed by atoms with Gasteiger partial charge in [-0.05, 0) is 65.9 Å². The van der Waals surface area contributed by atoms with Crippen molar-refractivity contribution in [2.45, 2.75) is 33.0 Å². The molecule has 0 saturated heterocycles. The van der Waals surface area contributed by atoms with Crippen LogP contribution in [0.1, 0.15) is 34.7 Å². The Labute approximate surface area is 195 Å². The minimum atomic E-state index is -0.715. The highest BCUT2D eigenvalue weighted by molar-refractivity contribution is 5.74. The summed E-state index contributed by atoms with van der Waals surface area (Å²) in [5, 5.41) is 9.25. The van der Waals surface area contributed by atoms with Crippen LogP contribution < -0.4 is 4.74 Å². The van der Waals surface area contributed by atoms with Gasteiger partial charge in [-0.15, -0.1) is 0 Å². The summed E-state index contributed by atoms with van der Waals surface area (Å²) < 4.78 is 46.3. The number of rotatable bonds is 3. The maximum Gasteiger partial charge on any atom is 0.310 e. The Balaban J connectivity index is 1.77. The molecule has 0 amide bonds. The van der Waals surface area contributed by atoms with E-state index in [0.717, 1.165) is 11.1 Å². The first kappa shape index (κ1) is 23.3. The molecule has 0 spiro atoms. The Morgan fingerprint density at radius 3 is 2.74 bits per heavy atom. The van der Waals surface area contributed by atoms with Crippen molar-refractivity contribution in [3.05, 3.63) is 81.9 Å². The number of ether oxygens (including phenoxy) is 3. The fraction of sp³-hybridized carbons (Fsp3) is 0.269. The largest absolute Gasteiger partial charge is 0.473 e. The van der Waals surface area contributed by atoms with Crippen LogP contribution >= 0.6 is 0 Å². The SMILES string of the molecule is CCOC(=O)Cc1cc(F)c2cc1COCCc1cc(C#N)ccc1COc1ccc(F)c-2n1. The van der Waals surface area contributed by atoms with Gasteiger partial charge in [0.1, 0.15) is 23.9 Å². The lowest BCUT2D eigenvalue weighted by molar-refractivity contribution is -0.142. The van der Waals surface area contributed by atoms with Crippen molar-refractivity contribution < 1.29 is 27.8 Å². The molecule has 3 aromatic rings. The second-order valence-corrected chi connectivity index (χ2v) is 7.75. The van der Waals surface area contributed by atoms with Crippen LogP contribution in [0.25, 0.3) is 11.3 Å². The molecule has 1 aliphatic rings. The number of nitrogens with zero attached hydrogens (tertiary/aromatic N) is 2. The van der Waals surface area contributed by atoms with Crippen molar-refractivity contribution in [2.24, 2.45) is 0 Å². The quantitative estimate of drug-likeness (QED) is 0.525. The van der Waals surface area contributed by atoms with E-state index in [1.54, 1.807) is 25.1 Å². The van der Waals surface area contributed by atoms with Crippen molar-refractivity contribution in [2.75, 3.05) is 13.2 Å². The van der Waals surface area contributed by atoms with E-state index in [2.05, 4.69) is 11.1 Å². The first-order valence-corrected chi connectivity index (χ1v) is 10.8. The first-order chi connectivity index (χ1) is 16.5. The van der Waals surface area contributed by atoms with Gasteiger partial charge in [0.05, 0.1) is 37.9 Å². The van der Waals surface area contributed by atoms with Crippen molar-refractivity contribution in [3.63, 3.8) is 0 Å². The Kier molecular flexibility index (Phi) is 7.14. The normalized spacial score (nSPS) is 13.1. The molecule has 8 heteroatoms. The van der Waals surface area contributed by atoms with Crippen molar-refractivity contribution in [1.29, 1.82) is 5.26 Å². The standard InChI is InChI=1S/C26H22F2N2O4/c1-2-33-25(31)12-19-11-23(28)21-10-20(19)14-32-8-7-17-9-16(13-29)3-4-18(17)15-34-24-6-5-22(27)26(21)30-24/h3-6,9-11H,2,7-8,12,14-15H2,1H3. The number of nitriles is 1. The summed E-state index contributed by atoms with van der Waals surface area (Å²) in [6.07, 6.45) is 0.370. The summed E-state index contributed by atoms with van der Waals surface area (Å²) in [5.74, 6) is -1.78. The molecule has 174 valence electrons. The predicted octanol–water partition coefficient (Wildman–Crippen LogP) is 4.66. The summed E-state index contributed by atoms with van der Waals surface area (Å²) in [7, 11) is 0. The molecule has 0 aliphatic carbocycles. The molecule has 0 saturated carbocycles. The van der Waals surface area contributed by atoms with Gasteiger partial charge in [-0.1, -0.05) is 6.07 Å². The zero-order valence-corrected chi connectivity index (χ0v) is 18.6. The predicted molar refractivity (Wildman–Crippen MR) is 119 cm³/mol. The third-order valence-electron chi connectivity index (χ3n) is 5.49. The summed E-state index contributed by atoms with van der Waals surface area (Å²) in [4.78, 5) is 16.2. The third kappa shape index (κ3) is 5.21. The lowest BCUT2D eigenvalue weighted by atomic mass is 9.99. The minimum absolute atomic E-state index is 0.0507. The van der Waals surface area contributed by atoms with E-state index in [1.165, 1.54) is 24.3 Å². The number of fused-ring (bicyclic) bond motifs is 6. The van der Waals surface area contributed by atoms with Gasteiger partial charge in [0.15, 0.2) is 0 Å². The van der Waals surface area contributed by atoms with E-state index in [0.29, 0.717) is 29.7 Å². The molecule has 0 radical (unpaired) electrons. The number of benzene rings is 2. The van der Waals surface area contributed by atoms with Gasteiger partial charge in [0.2, 0.25) is 5.88 Å². The number of carbonyl (C=O) groups excluding carboxylic acids is 1. The molecule has 6 nitrogen and oxygen atoms in total. The maximum absolute atomic E-state index is 15.1. The fourth-order valence-corrected chi connectivity index (χ4v) is 3.79. The van der Waals surface area contributed by atoms with Crippen LogP contribution in [-0.4, -0.2) is 24.2 Å². The molecule has 0 N–H and O–H groups in total. The topological polar surface area (TPSA) is 81.4 Å². The molecule has 34 heavy (non-hydrogen) atoms. The summed E-state index contributed by atoms with van der Waals surface area (Å²) in [5.41, 5.74) is 2.90. The van der Waals surface area contributed by atoms with Crippen LogP contribution in [0, 0.1) is 23.0 Å². The zero-order valence-electron chi connectivity index (χ0n) is 18.6. The molecule has 2 aromatic carbocycles. The van der Waals surface area contributed by atoms with E-state index in [4.69, 9.17) is 14.2 Å². The van der Waals surface area contributed by atoms with E-state index < -0.39 is 17.6 Å². The Hall–Kier alpha value is -3.83. The highest BCUT2D eigenvalue weighted by atomic mass is 19.1. The van der Waals surface area contributed by atoms with Gasteiger partial charge < -0.3 is 14.2 Å². The summed E-state index contributed by atoms with van der Waals surface area (Å²) in [6.45, 7) is 2.43. The second kappa shape index (κ2) is 10.4. The van der Waals surface area contributed by atoms with Crippen molar-refractivity contribution in [3.8, 4) is 23.2 Å². The van der Waals surface area contributed by atoms with Gasteiger partial charge in [0, 0.05) is 11.6 Å². The number of hydrogen-bond acceptors (Lipinski definition) is 6. The molecule has 4 bridgehead atoms. The third-order valence-corrected chi connectivity index (χ3v) is 5.49. The van der Waals surface area contributed by atoms with E-state index in [1.807, 2.05) is 0 Å². The van der Waals surface area contributed by atoms with E-state index in [9.17, 15) is 14.4 Å². The Morgan fingerprint density at radius 2 is 1.94 bits per heavy atom. The number of carbonyl (C=O) groups is 1. The van der Waals surface area contributed by atoms with E-state index >= 15 is 4.39 Å². The molecule has 0 unspecified atom stereocenters. The van der Waals surface area contributed by atoms with Crippen molar-refractivity contribution >= 4 is 5.97 Å². The van der Waals surface area contributed by atoms with Crippen LogP contribution in [0.5, 0.6) is 5.88 Å². The number of hydrogen-bond donors (Lipinski definition) is 0. The second-order valence-electron chi connectivity index (χ2n) is 7.75. The van der Waals surface area contributed by atoms with Crippen LogP contribution in [0.15, 0.2) is 42.5 Å². The number of aromatic nitrogens is 1. The molecule has 2 heterocycles. The minimum Gasteiger partial charge on any atom is -0.473 e. The molecule has 0 atom stereocenters. The molecule has 1 aromatic heterocycles. The van der Waals surface area contributed by atoms with E-state index in [-0.39, 0.29) is 43.4 Å². The van der Waals surface area contributed by atoms with Crippen LogP contribution in [0.2, 0.25) is 0 Å². The smallest absolute Gasteiger partial charge is 0.310 e. The fourth-order valence-electron chi connectivity index (χ4n) is 3.79. The molecular weight excluding hydrogens is 442 g/mol. The average molecular weight is 464 g/mol. The number of pyridine rings is 1. The Morgan fingerprint density at radius 1 is 1.09 bits per heavy atom. The van der Waals surface area contributed by atoms with Gasteiger partial charge in [0.25, 0.3) is 0 Å². The summed E-state index contributed by atoms with van der Waals surface area (Å²) >= 11 is 0. The highest BCUT2D eigenvalue weighted by Gasteiger charge is 2.19. The average Bonchev–Trinajstić information content (AvgIpc) is 2.82. The maximum atomic E-state index is 15.1. The first-order valence-electron chi connectivity index (χ1n) is 10.8. The molecule has 4 rings (SSSR count). The Bertz CT molecular complexity index is 1270. The molecular formula is C26H22F2N2O4. The highest BCUT2D eigenvalue weighted by Crippen LogP contribution is 2.30. The van der Waals surface area contributed by atoms with Gasteiger partial charge >= 0.3 is 5.97 Å². The molecule has 0 fully saturated rings.